The van der Waals surface area contributed by atoms with Crippen LogP contribution in [-0.2, 0) is 0 Å². The molecule has 1 heterocycles. The van der Waals surface area contributed by atoms with Crippen molar-refractivity contribution in [2.75, 3.05) is 26.4 Å². The number of nitrogens with two attached hydrogens (primary N) is 1. The maximum Gasteiger partial charge on any atom is 0.316 e. The smallest absolute Gasteiger partial charge is 0.316 e. The lowest BCUT2D eigenvalue weighted by Gasteiger charge is -2.31. The van der Waals surface area contributed by atoms with Gasteiger partial charge in [-0.15, -0.1) is 0 Å². The maximum atomic E-state index is 5.47. The van der Waals surface area contributed by atoms with Gasteiger partial charge in [0.2, 0.25) is 0 Å². The highest BCUT2D eigenvalue weighted by Crippen LogP contribution is 2.12. The van der Waals surface area contributed by atoms with Gasteiger partial charge >= 0.3 is 6.01 Å². The standard InChI is InChI=1S/C10H18N4O/c1-10(2,14(3)4)7-15-9-12-5-8(11)6-13-9/h5-6H,7,11H2,1-4H3. The Kier molecular flexibility index (Phi) is 3.47. The fraction of sp³-hybridized carbons (Fsp3) is 0.600. The molecule has 0 fully saturated rings. The third-order valence-electron chi connectivity index (χ3n) is 2.41. The number of rotatable bonds is 4. The number of aromatic nitrogens is 2. The van der Waals surface area contributed by atoms with E-state index in [1.165, 1.54) is 12.4 Å². The van der Waals surface area contributed by atoms with Gasteiger partial charge in [-0.25, -0.2) is 9.97 Å². The molecule has 0 unspecified atom stereocenters. The van der Waals surface area contributed by atoms with E-state index in [1.807, 2.05) is 14.1 Å². The zero-order chi connectivity index (χ0) is 11.5. The molecule has 0 aliphatic heterocycles. The highest BCUT2D eigenvalue weighted by atomic mass is 16.5. The second kappa shape index (κ2) is 4.44. The molecule has 5 nitrogen and oxygen atoms in total. The predicted molar refractivity (Wildman–Crippen MR) is 59.7 cm³/mol. The van der Waals surface area contributed by atoms with Crippen LogP contribution in [0.15, 0.2) is 12.4 Å². The van der Waals surface area contributed by atoms with Crippen LogP contribution in [0.1, 0.15) is 13.8 Å². The first-order chi connectivity index (χ1) is 6.92. The molecule has 0 saturated carbocycles. The van der Waals surface area contributed by atoms with Crippen molar-refractivity contribution in [2.24, 2.45) is 0 Å². The van der Waals surface area contributed by atoms with Crippen molar-refractivity contribution in [1.29, 1.82) is 0 Å². The van der Waals surface area contributed by atoms with E-state index in [0.29, 0.717) is 18.3 Å². The van der Waals surface area contributed by atoms with Gasteiger partial charge in [0.05, 0.1) is 18.1 Å². The topological polar surface area (TPSA) is 64.3 Å². The van der Waals surface area contributed by atoms with E-state index in [-0.39, 0.29) is 5.54 Å². The number of nitrogens with zero attached hydrogens (tertiary/aromatic N) is 3. The van der Waals surface area contributed by atoms with Crippen molar-refractivity contribution < 1.29 is 4.74 Å². The normalized spacial score (nSPS) is 11.8. The van der Waals surface area contributed by atoms with Gasteiger partial charge in [-0.05, 0) is 27.9 Å². The molecule has 0 atom stereocenters. The quantitative estimate of drug-likeness (QED) is 0.795. The monoisotopic (exact) mass is 210 g/mol. The number of hydrogen-bond donors (Lipinski definition) is 1. The first kappa shape index (κ1) is 11.7. The Balaban J connectivity index is 2.54. The van der Waals surface area contributed by atoms with Gasteiger partial charge in [0, 0.05) is 5.54 Å². The van der Waals surface area contributed by atoms with Crippen molar-refractivity contribution >= 4 is 5.69 Å². The van der Waals surface area contributed by atoms with E-state index in [1.54, 1.807) is 0 Å². The lowest BCUT2D eigenvalue weighted by molar-refractivity contribution is 0.108. The van der Waals surface area contributed by atoms with E-state index >= 15 is 0 Å². The highest BCUT2D eigenvalue weighted by molar-refractivity contribution is 5.30. The largest absolute Gasteiger partial charge is 0.462 e. The zero-order valence-corrected chi connectivity index (χ0v) is 9.69. The van der Waals surface area contributed by atoms with Gasteiger partial charge in [-0.1, -0.05) is 0 Å². The molecule has 5 heteroatoms. The lowest BCUT2D eigenvalue weighted by Crippen LogP contribution is -2.43. The molecule has 15 heavy (non-hydrogen) atoms. The van der Waals surface area contributed by atoms with Crippen molar-refractivity contribution in [2.45, 2.75) is 19.4 Å². The molecule has 0 aliphatic rings. The van der Waals surface area contributed by atoms with Crippen LogP contribution in [0.2, 0.25) is 0 Å². The van der Waals surface area contributed by atoms with E-state index < -0.39 is 0 Å². The number of ether oxygens (including phenoxy) is 1. The fourth-order valence-corrected chi connectivity index (χ4v) is 0.771. The van der Waals surface area contributed by atoms with Crippen LogP contribution in [0.4, 0.5) is 5.69 Å². The average Bonchev–Trinajstić information content (AvgIpc) is 2.17. The van der Waals surface area contributed by atoms with E-state index in [9.17, 15) is 0 Å². The molecule has 0 spiro atoms. The number of anilines is 1. The van der Waals surface area contributed by atoms with Crippen LogP contribution in [0.3, 0.4) is 0 Å². The predicted octanol–water partition coefficient (Wildman–Crippen LogP) is 0.778. The lowest BCUT2D eigenvalue weighted by atomic mass is 10.1. The summed E-state index contributed by atoms with van der Waals surface area (Å²) in [7, 11) is 4.01. The van der Waals surface area contributed by atoms with Gasteiger partial charge in [0.25, 0.3) is 0 Å². The van der Waals surface area contributed by atoms with Gasteiger partial charge < -0.3 is 15.4 Å². The average molecular weight is 210 g/mol. The minimum atomic E-state index is -0.0508. The molecule has 0 saturated heterocycles. The molecular formula is C10H18N4O. The second-order valence-electron chi connectivity index (χ2n) is 4.29. The van der Waals surface area contributed by atoms with Gasteiger partial charge in [0.1, 0.15) is 6.61 Å². The van der Waals surface area contributed by atoms with Crippen LogP contribution in [0.25, 0.3) is 0 Å². The van der Waals surface area contributed by atoms with E-state index in [4.69, 9.17) is 10.5 Å². The molecule has 1 aromatic rings. The Labute approximate surface area is 90.3 Å². The molecule has 0 amide bonds. The summed E-state index contributed by atoms with van der Waals surface area (Å²) in [5, 5.41) is 0. The first-order valence-corrected chi connectivity index (χ1v) is 4.79. The molecule has 0 bridgehead atoms. The zero-order valence-electron chi connectivity index (χ0n) is 9.69. The van der Waals surface area contributed by atoms with Crippen LogP contribution >= 0.6 is 0 Å². The Morgan fingerprint density at radius 2 is 1.87 bits per heavy atom. The van der Waals surface area contributed by atoms with Crippen LogP contribution in [0.5, 0.6) is 6.01 Å². The second-order valence-corrected chi connectivity index (χ2v) is 4.29. The summed E-state index contributed by atoms with van der Waals surface area (Å²) in [5.74, 6) is 0. The third kappa shape index (κ3) is 3.36. The molecule has 2 N–H and O–H groups in total. The molecule has 1 rings (SSSR count). The Hall–Kier alpha value is -1.36. The number of hydrogen-bond acceptors (Lipinski definition) is 5. The van der Waals surface area contributed by atoms with Gasteiger partial charge in [-0.2, -0.15) is 0 Å². The Morgan fingerprint density at radius 3 is 2.33 bits per heavy atom. The molecule has 0 aromatic carbocycles. The Bertz CT molecular complexity index is 308. The summed E-state index contributed by atoms with van der Waals surface area (Å²) in [6.45, 7) is 4.71. The third-order valence-corrected chi connectivity index (χ3v) is 2.41. The van der Waals surface area contributed by atoms with E-state index in [0.717, 1.165) is 0 Å². The van der Waals surface area contributed by atoms with Crippen molar-refractivity contribution in [1.82, 2.24) is 14.9 Å². The van der Waals surface area contributed by atoms with Crippen LogP contribution < -0.4 is 10.5 Å². The van der Waals surface area contributed by atoms with Crippen molar-refractivity contribution in [3.05, 3.63) is 12.4 Å². The maximum absolute atomic E-state index is 5.47. The molecule has 0 radical (unpaired) electrons. The first-order valence-electron chi connectivity index (χ1n) is 4.79. The van der Waals surface area contributed by atoms with Gasteiger partial charge in [0.15, 0.2) is 0 Å². The number of nitrogen functional groups attached to an aromatic ring is 1. The minimum Gasteiger partial charge on any atom is -0.462 e. The fourth-order valence-electron chi connectivity index (χ4n) is 0.771. The summed E-state index contributed by atoms with van der Waals surface area (Å²) in [4.78, 5) is 10.0. The summed E-state index contributed by atoms with van der Waals surface area (Å²) in [5.41, 5.74) is 5.95. The number of likely N-dealkylation sites (N-methyl/N-ethyl adjacent to an activating group) is 1. The van der Waals surface area contributed by atoms with Gasteiger partial charge in [-0.3, -0.25) is 0 Å². The summed E-state index contributed by atoms with van der Waals surface area (Å²) in [6, 6.07) is 0.360. The molecule has 0 aliphatic carbocycles. The minimum absolute atomic E-state index is 0.0508. The summed E-state index contributed by atoms with van der Waals surface area (Å²) < 4.78 is 5.47. The highest BCUT2D eigenvalue weighted by Gasteiger charge is 2.21. The Morgan fingerprint density at radius 1 is 1.33 bits per heavy atom. The van der Waals surface area contributed by atoms with Crippen molar-refractivity contribution in [3.63, 3.8) is 0 Å². The van der Waals surface area contributed by atoms with Crippen LogP contribution in [0, 0.1) is 0 Å². The molecule has 84 valence electrons. The van der Waals surface area contributed by atoms with Crippen molar-refractivity contribution in [3.8, 4) is 6.01 Å². The molecular weight excluding hydrogens is 192 g/mol. The summed E-state index contributed by atoms with van der Waals surface area (Å²) in [6.07, 6.45) is 3.07. The SMILES string of the molecule is CN(C)C(C)(C)COc1ncc(N)cn1. The molecule has 1 aromatic heterocycles. The van der Waals surface area contributed by atoms with E-state index in [2.05, 4.69) is 28.7 Å². The summed E-state index contributed by atoms with van der Waals surface area (Å²) >= 11 is 0. The van der Waals surface area contributed by atoms with Crippen LogP contribution in [-0.4, -0.2) is 41.1 Å².